The van der Waals surface area contributed by atoms with E-state index in [-0.39, 0.29) is 11.1 Å². The third kappa shape index (κ3) is 2.29. The lowest BCUT2D eigenvalue weighted by Gasteiger charge is -2.01. The van der Waals surface area contributed by atoms with Crippen molar-refractivity contribution in [3.8, 4) is 0 Å². The molecule has 9 heteroatoms. The highest BCUT2D eigenvalue weighted by Gasteiger charge is 2.26. The van der Waals surface area contributed by atoms with Gasteiger partial charge in [-0.25, -0.2) is 0 Å². The molecule has 0 saturated carbocycles. The zero-order valence-electron chi connectivity index (χ0n) is 9.15. The van der Waals surface area contributed by atoms with E-state index in [4.69, 9.17) is 0 Å². The van der Waals surface area contributed by atoms with Crippen molar-refractivity contribution in [3.05, 3.63) is 50.1 Å². The van der Waals surface area contributed by atoms with E-state index in [0.29, 0.717) is 0 Å². The van der Waals surface area contributed by atoms with Gasteiger partial charge in [-0.3, -0.25) is 35.1 Å². The summed E-state index contributed by atoms with van der Waals surface area (Å²) in [6.07, 6.45) is 0.936. The van der Waals surface area contributed by atoms with Crippen molar-refractivity contribution >= 4 is 28.8 Å². The van der Waals surface area contributed by atoms with Crippen LogP contribution in [0.15, 0.2) is 24.3 Å². The summed E-state index contributed by atoms with van der Waals surface area (Å²) in [5.41, 5.74) is -1.25. The Bertz CT molecular complexity index is 631. The summed E-state index contributed by atoms with van der Waals surface area (Å²) >= 11 is 0. The first-order valence-corrected chi connectivity index (χ1v) is 4.90. The van der Waals surface area contributed by atoms with Crippen molar-refractivity contribution < 1.29 is 19.4 Å². The molecule has 0 saturated heterocycles. The van der Waals surface area contributed by atoms with Crippen molar-refractivity contribution in [2.24, 2.45) is 0 Å². The number of amides is 2. The van der Waals surface area contributed by atoms with Crippen LogP contribution in [-0.4, -0.2) is 21.7 Å². The first kappa shape index (κ1) is 12.4. The minimum absolute atomic E-state index is 0.0516. The summed E-state index contributed by atoms with van der Waals surface area (Å²) in [6, 6.07) is 2.77. The Labute approximate surface area is 104 Å². The summed E-state index contributed by atoms with van der Waals surface area (Å²) in [5.74, 6) is -1.42. The maximum absolute atomic E-state index is 11.4. The van der Waals surface area contributed by atoms with Gasteiger partial charge >= 0.3 is 0 Å². The molecule has 0 aliphatic carbocycles. The fourth-order valence-electron chi connectivity index (χ4n) is 1.59. The van der Waals surface area contributed by atoms with Gasteiger partial charge in [0.05, 0.1) is 21.5 Å². The molecule has 1 heterocycles. The fourth-order valence-corrected chi connectivity index (χ4v) is 1.59. The van der Waals surface area contributed by atoms with Crippen molar-refractivity contribution in [1.82, 2.24) is 5.32 Å². The second-order valence-electron chi connectivity index (χ2n) is 3.63. The first-order valence-electron chi connectivity index (χ1n) is 4.90. The second-order valence-corrected chi connectivity index (χ2v) is 3.63. The third-order valence-corrected chi connectivity index (χ3v) is 2.39. The number of carbonyl (C=O) groups is 2. The van der Waals surface area contributed by atoms with Crippen molar-refractivity contribution in [1.29, 1.82) is 0 Å². The molecule has 0 atom stereocenters. The minimum Gasteiger partial charge on any atom is -0.289 e. The van der Waals surface area contributed by atoms with Gasteiger partial charge in [-0.05, 0) is 0 Å². The third-order valence-electron chi connectivity index (χ3n) is 2.39. The molecule has 1 aromatic rings. The predicted octanol–water partition coefficient (Wildman–Crippen LogP) is 0.543. The SMILES string of the molecule is O=C1C=C(c2cc([N+](=O)[O-])cc([N+](=O)[O-])c2)C(=O)N1. The quantitative estimate of drug-likeness (QED) is 0.480. The molecule has 0 fully saturated rings. The first-order chi connectivity index (χ1) is 8.88. The highest BCUT2D eigenvalue weighted by molar-refractivity contribution is 6.33. The van der Waals surface area contributed by atoms with Gasteiger partial charge in [0.25, 0.3) is 23.2 Å². The van der Waals surface area contributed by atoms with Crippen LogP contribution in [0.1, 0.15) is 5.56 Å². The molecule has 96 valence electrons. The van der Waals surface area contributed by atoms with E-state index in [0.717, 1.165) is 24.3 Å². The number of rotatable bonds is 3. The summed E-state index contributed by atoms with van der Waals surface area (Å²) in [6.45, 7) is 0. The second kappa shape index (κ2) is 4.29. The average molecular weight is 263 g/mol. The lowest BCUT2D eigenvalue weighted by Crippen LogP contribution is -2.21. The van der Waals surface area contributed by atoms with Crippen molar-refractivity contribution in [2.75, 3.05) is 0 Å². The number of benzene rings is 1. The van der Waals surface area contributed by atoms with E-state index in [1.807, 2.05) is 5.32 Å². The van der Waals surface area contributed by atoms with E-state index < -0.39 is 33.0 Å². The van der Waals surface area contributed by atoms with Gasteiger partial charge in [-0.15, -0.1) is 0 Å². The van der Waals surface area contributed by atoms with Crippen LogP contribution in [0.4, 0.5) is 11.4 Å². The van der Waals surface area contributed by atoms with Crippen LogP contribution in [0.3, 0.4) is 0 Å². The smallest absolute Gasteiger partial charge is 0.276 e. The number of nitro groups is 2. The lowest BCUT2D eigenvalue weighted by molar-refractivity contribution is -0.394. The zero-order valence-corrected chi connectivity index (χ0v) is 9.15. The van der Waals surface area contributed by atoms with Crippen LogP contribution >= 0.6 is 0 Å². The Balaban J connectivity index is 2.60. The normalized spacial score (nSPS) is 14.0. The van der Waals surface area contributed by atoms with Crippen LogP contribution in [0.25, 0.3) is 5.57 Å². The molecule has 0 spiro atoms. The van der Waals surface area contributed by atoms with E-state index in [9.17, 15) is 29.8 Å². The van der Waals surface area contributed by atoms with Crippen LogP contribution < -0.4 is 5.32 Å². The molecule has 1 aromatic carbocycles. The van der Waals surface area contributed by atoms with Gasteiger partial charge in [-0.1, -0.05) is 0 Å². The number of imide groups is 1. The van der Waals surface area contributed by atoms with Gasteiger partial charge in [0.1, 0.15) is 0 Å². The number of nitrogens with zero attached hydrogens (tertiary/aromatic N) is 2. The number of nitrogens with one attached hydrogen (secondary N) is 1. The maximum Gasteiger partial charge on any atom is 0.276 e. The van der Waals surface area contributed by atoms with E-state index >= 15 is 0 Å². The molecule has 0 unspecified atom stereocenters. The fraction of sp³-hybridized carbons (Fsp3) is 0. The summed E-state index contributed by atoms with van der Waals surface area (Å²) in [4.78, 5) is 42.1. The molecular weight excluding hydrogens is 258 g/mol. The van der Waals surface area contributed by atoms with Gasteiger partial charge in [-0.2, -0.15) is 0 Å². The monoisotopic (exact) mass is 263 g/mol. The highest BCUT2D eigenvalue weighted by Crippen LogP contribution is 2.28. The van der Waals surface area contributed by atoms with Crippen LogP contribution in [0.2, 0.25) is 0 Å². The molecule has 19 heavy (non-hydrogen) atoms. The Morgan fingerprint density at radius 3 is 1.84 bits per heavy atom. The number of hydrogen-bond acceptors (Lipinski definition) is 6. The average Bonchev–Trinajstić information content (AvgIpc) is 2.67. The Hall–Kier alpha value is -3.10. The maximum atomic E-state index is 11.4. The molecule has 0 bridgehead atoms. The molecule has 0 aromatic heterocycles. The van der Waals surface area contributed by atoms with Crippen LogP contribution in [0.5, 0.6) is 0 Å². The van der Waals surface area contributed by atoms with Gasteiger partial charge in [0, 0.05) is 23.8 Å². The van der Waals surface area contributed by atoms with E-state index in [1.54, 1.807) is 0 Å². The molecule has 1 N–H and O–H groups in total. The van der Waals surface area contributed by atoms with Crippen LogP contribution in [0, 0.1) is 20.2 Å². The molecule has 2 amide bonds. The lowest BCUT2D eigenvalue weighted by atomic mass is 10.0. The zero-order chi connectivity index (χ0) is 14.2. The Kier molecular flexibility index (Phi) is 2.79. The van der Waals surface area contributed by atoms with E-state index in [2.05, 4.69) is 0 Å². The van der Waals surface area contributed by atoms with Crippen molar-refractivity contribution in [2.45, 2.75) is 0 Å². The largest absolute Gasteiger partial charge is 0.289 e. The molecule has 1 aliphatic heterocycles. The predicted molar refractivity (Wildman–Crippen MR) is 60.9 cm³/mol. The standard InChI is InChI=1S/C10H5N3O6/c14-9-4-8(10(15)11-9)5-1-6(12(16)17)3-7(2-5)13(18)19/h1-4H,(H,11,14,15). The van der Waals surface area contributed by atoms with Crippen molar-refractivity contribution in [3.63, 3.8) is 0 Å². The number of carbonyl (C=O) groups excluding carboxylic acids is 2. The summed E-state index contributed by atoms with van der Waals surface area (Å²) < 4.78 is 0. The molecule has 1 aliphatic rings. The minimum atomic E-state index is -0.814. The van der Waals surface area contributed by atoms with Gasteiger partial charge < -0.3 is 0 Å². The van der Waals surface area contributed by atoms with Gasteiger partial charge in [0.15, 0.2) is 0 Å². The van der Waals surface area contributed by atoms with Gasteiger partial charge in [0.2, 0.25) is 0 Å². The topological polar surface area (TPSA) is 132 Å². The van der Waals surface area contributed by atoms with E-state index in [1.165, 1.54) is 0 Å². The number of nitro benzene ring substituents is 2. The summed E-state index contributed by atoms with van der Waals surface area (Å²) in [7, 11) is 0. The Morgan fingerprint density at radius 1 is 0.947 bits per heavy atom. The summed E-state index contributed by atoms with van der Waals surface area (Å²) in [5, 5.41) is 23.3. The molecule has 9 nitrogen and oxygen atoms in total. The molecular formula is C10H5N3O6. The number of non-ortho nitro benzene ring substituents is 2. The Morgan fingerprint density at radius 2 is 1.47 bits per heavy atom. The highest BCUT2D eigenvalue weighted by atomic mass is 16.6. The van der Waals surface area contributed by atoms with Crippen LogP contribution in [-0.2, 0) is 9.59 Å². The number of hydrogen-bond donors (Lipinski definition) is 1. The molecule has 2 rings (SSSR count). The molecule has 0 radical (unpaired) electrons.